The van der Waals surface area contributed by atoms with Crippen LogP contribution in [0.4, 0.5) is 8.78 Å². The molecule has 2 aliphatic heterocycles. The Hall–Kier alpha value is -2.26. The molecule has 0 bridgehead atoms. The summed E-state index contributed by atoms with van der Waals surface area (Å²) < 4.78 is 31.9. The molecule has 6 nitrogen and oxygen atoms in total. The number of azo groups is 1. The summed E-state index contributed by atoms with van der Waals surface area (Å²) >= 11 is 1.49. The molecule has 1 aromatic heterocycles. The predicted molar refractivity (Wildman–Crippen MR) is 106 cm³/mol. The third kappa shape index (κ3) is 3.95. The van der Waals surface area contributed by atoms with Crippen LogP contribution in [0.3, 0.4) is 0 Å². The summed E-state index contributed by atoms with van der Waals surface area (Å²) in [6.07, 6.45) is 3.59. The molecule has 1 saturated heterocycles. The molecular formula is C19H23F2N5OS. The number of hydrogen-bond donors (Lipinski definition) is 1. The second-order valence-corrected chi connectivity index (χ2v) is 8.16. The lowest BCUT2D eigenvalue weighted by atomic mass is 10.1. The molecule has 28 heavy (non-hydrogen) atoms. The average Bonchev–Trinajstić information content (AvgIpc) is 3.11. The summed E-state index contributed by atoms with van der Waals surface area (Å²) in [5, 5.41) is 14.7. The molecule has 150 valence electrons. The normalized spacial score (nSPS) is 23.3. The van der Waals surface area contributed by atoms with Crippen molar-refractivity contribution in [1.82, 2.24) is 15.1 Å². The molecule has 2 aromatic rings. The van der Waals surface area contributed by atoms with Gasteiger partial charge in [-0.3, -0.25) is 0 Å². The van der Waals surface area contributed by atoms with Gasteiger partial charge >= 0.3 is 6.61 Å². The predicted octanol–water partition coefficient (Wildman–Crippen LogP) is 4.38. The molecule has 2 atom stereocenters. The van der Waals surface area contributed by atoms with Crippen LogP contribution in [0.5, 0.6) is 5.75 Å². The molecule has 1 N–H and O–H groups in total. The fourth-order valence-electron chi connectivity index (χ4n) is 3.79. The highest BCUT2D eigenvalue weighted by Gasteiger charge is 2.26. The molecule has 0 aliphatic carbocycles. The number of likely N-dealkylation sites (N-methyl/N-ethyl adjacent to an activating group) is 1. The van der Waals surface area contributed by atoms with E-state index in [2.05, 4.69) is 27.5 Å². The summed E-state index contributed by atoms with van der Waals surface area (Å²) in [5.41, 5.74) is 0.574. The highest BCUT2D eigenvalue weighted by Crippen LogP contribution is 2.40. The maximum absolute atomic E-state index is 13.0. The molecule has 9 heteroatoms. The first-order chi connectivity index (χ1) is 13.5. The third-order valence-corrected chi connectivity index (χ3v) is 5.95. The number of alkyl halides is 2. The summed E-state index contributed by atoms with van der Waals surface area (Å²) in [6, 6.07) is 5.82. The van der Waals surface area contributed by atoms with Gasteiger partial charge in [0.1, 0.15) is 5.75 Å². The monoisotopic (exact) mass is 407 g/mol. The van der Waals surface area contributed by atoms with E-state index in [1.54, 1.807) is 12.1 Å². The molecule has 0 amide bonds. The van der Waals surface area contributed by atoms with Gasteiger partial charge in [-0.05, 0) is 50.0 Å². The van der Waals surface area contributed by atoms with Crippen LogP contribution >= 0.6 is 11.3 Å². The Bertz CT molecular complexity index is 900. The topological polar surface area (TPSA) is 52.5 Å². The van der Waals surface area contributed by atoms with Gasteiger partial charge in [0.25, 0.3) is 0 Å². The van der Waals surface area contributed by atoms with Crippen molar-refractivity contribution in [3.05, 3.63) is 41.2 Å². The lowest BCUT2D eigenvalue weighted by Gasteiger charge is -2.33. The number of ether oxygens (including phenoxy) is 1. The van der Waals surface area contributed by atoms with Gasteiger partial charge in [-0.2, -0.15) is 13.9 Å². The minimum absolute atomic E-state index is 0.170. The average molecular weight is 407 g/mol. The first-order valence-electron chi connectivity index (χ1n) is 9.26. The lowest BCUT2D eigenvalue weighted by molar-refractivity contribution is -0.0499. The van der Waals surface area contributed by atoms with Crippen LogP contribution in [0.2, 0.25) is 0 Å². The Morgan fingerprint density at radius 3 is 2.89 bits per heavy atom. The number of nitrogens with one attached hydrogen (secondary N) is 1. The van der Waals surface area contributed by atoms with Gasteiger partial charge in [0.15, 0.2) is 12.0 Å². The largest absolute Gasteiger partial charge is 0.434 e. The van der Waals surface area contributed by atoms with Crippen molar-refractivity contribution in [3.8, 4) is 5.75 Å². The van der Waals surface area contributed by atoms with Crippen molar-refractivity contribution in [2.75, 3.05) is 27.2 Å². The van der Waals surface area contributed by atoms with E-state index in [0.717, 1.165) is 30.6 Å². The molecule has 1 aromatic carbocycles. The number of rotatable bonds is 5. The van der Waals surface area contributed by atoms with Crippen LogP contribution in [0.15, 0.2) is 45.8 Å². The Morgan fingerprint density at radius 1 is 1.29 bits per heavy atom. The standard InChI is InChI=1S/C19H23F2N5OS/c1-25-8-3-4-12(10-25)22-16-11-26(2)18(24-23-16)14-5-6-15-13(7-9-28-15)17(14)27-19(20)21/h5-7,9,11-12,18-19,22H,3-4,8,10H2,1-2H3/t12?,18-/m0/s1. The SMILES string of the molecule is CN1CCCC(NC2=CN(C)[C@@H](c3ccc4sccc4c3OC(F)F)N=N2)C1. The van der Waals surface area contributed by atoms with Crippen LogP contribution in [0.1, 0.15) is 24.6 Å². The van der Waals surface area contributed by atoms with E-state index in [0.29, 0.717) is 22.8 Å². The number of nitrogens with zero attached hydrogens (tertiary/aromatic N) is 4. The van der Waals surface area contributed by atoms with Crippen LogP contribution < -0.4 is 10.1 Å². The summed E-state index contributed by atoms with van der Waals surface area (Å²) in [7, 11) is 3.97. The van der Waals surface area contributed by atoms with Gasteiger partial charge < -0.3 is 19.9 Å². The second-order valence-electron chi connectivity index (χ2n) is 7.21. The molecule has 0 saturated carbocycles. The van der Waals surface area contributed by atoms with Crippen LogP contribution in [0.25, 0.3) is 10.1 Å². The van der Waals surface area contributed by atoms with Crippen molar-refractivity contribution in [1.29, 1.82) is 0 Å². The van der Waals surface area contributed by atoms with Crippen molar-refractivity contribution in [3.63, 3.8) is 0 Å². The van der Waals surface area contributed by atoms with E-state index < -0.39 is 12.8 Å². The van der Waals surface area contributed by atoms with Crippen LogP contribution in [-0.4, -0.2) is 49.6 Å². The zero-order valence-electron chi connectivity index (χ0n) is 15.8. The van der Waals surface area contributed by atoms with Gasteiger partial charge in [0.2, 0.25) is 0 Å². The molecule has 4 rings (SSSR count). The van der Waals surface area contributed by atoms with E-state index in [-0.39, 0.29) is 5.75 Å². The van der Waals surface area contributed by atoms with Crippen LogP contribution in [0, 0.1) is 0 Å². The minimum Gasteiger partial charge on any atom is -0.434 e. The van der Waals surface area contributed by atoms with E-state index >= 15 is 0 Å². The van der Waals surface area contributed by atoms with E-state index in [1.165, 1.54) is 11.3 Å². The molecule has 1 fully saturated rings. The minimum atomic E-state index is -2.90. The second kappa shape index (κ2) is 8.00. The zero-order chi connectivity index (χ0) is 19.7. The molecule has 0 spiro atoms. The molecular weight excluding hydrogens is 384 g/mol. The highest BCUT2D eigenvalue weighted by atomic mass is 32.1. The molecule has 0 radical (unpaired) electrons. The van der Waals surface area contributed by atoms with Crippen molar-refractivity contribution in [2.24, 2.45) is 10.2 Å². The summed E-state index contributed by atoms with van der Waals surface area (Å²) in [5.74, 6) is 0.857. The number of hydrogen-bond acceptors (Lipinski definition) is 7. The van der Waals surface area contributed by atoms with Gasteiger partial charge in [0.05, 0.1) is 0 Å². The Labute approximate surface area is 166 Å². The van der Waals surface area contributed by atoms with E-state index in [1.807, 2.05) is 29.6 Å². The molecule has 3 heterocycles. The maximum Gasteiger partial charge on any atom is 0.387 e. The van der Waals surface area contributed by atoms with Gasteiger partial charge in [0, 0.05) is 41.5 Å². The van der Waals surface area contributed by atoms with Gasteiger partial charge in [-0.25, -0.2) is 0 Å². The zero-order valence-corrected chi connectivity index (χ0v) is 16.6. The van der Waals surface area contributed by atoms with Crippen molar-refractivity contribution >= 4 is 21.4 Å². The first-order valence-corrected chi connectivity index (χ1v) is 10.1. The Balaban J connectivity index is 1.56. The van der Waals surface area contributed by atoms with Crippen LogP contribution in [-0.2, 0) is 0 Å². The van der Waals surface area contributed by atoms with E-state index in [9.17, 15) is 8.78 Å². The summed E-state index contributed by atoms with van der Waals surface area (Å²) in [6.45, 7) is -0.828. The maximum atomic E-state index is 13.0. The quantitative estimate of drug-likeness (QED) is 0.799. The fraction of sp³-hybridized carbons (Fsp3) is 0.474. The van der Waals surface area contributed by atoms with Gasteiger partial charge in [-0.15, -0.1) is 16.5 Å². The molecule has 1 unspecified atom stereocenters. The smallest absolute Gasteiger partial charge is 0.387 e. The fourth-order valence-corrected chi connectivity index (χ4v) is 4.57. The number of likely N-dealkylation sites (tertiary alicyclic amines) is 1. The third-order valence-electron chi connectivity index (χ3n) is 5.06. The Morgan fingerprint density at radius 2 is 2.14 bits per heavy atom. The number of thiophene rings is 1. The molecule has 2 aliphatic rings. The number of benzene rings is 1. The van der Waals surface area contributed by atoms with Gasteiger partial charge in [-0.1, -0.05) is 0 Å². The lowest BCUT2D eigenvalue weighted by Crippen LogP contribution is -2.43. The van der Waals surface area contributed by atoms with E-state index in [4.69, 9.17) is 4.74 Å². The first kappa shape index (κ1) is 19.1. The Kier molecular flexibility index (Phi) is 5.45. The number of halogens is 2. The number of piperidine rings is 1. The van der Waals surface area contributed by atoms with Crippen molar-refractivity contribution < 1.29 is 13.5 Å². The highest BCUT2D eigenvalue weighted by molar-refractivity contribution is 7.17. The van der Waals surface area contributed by atoms with Crippen molar-refractivity contribution in [2.45, 2.75) is 31.7 Å². The number of fused-ring (bicyclic) bond motifs is 1. The summed E-state index contributed by atoms with van der Waals surface area (Å²) in [4.78, 5) is 4.16.